The Hall–Kier alpha value is -1.96. The second-order valence-electron chi connectivity index (χ2n) is 5.71. The lowest BCUT2D eigenvalue weighted by Crippen LogP contribution is -2.48. The van der Waals surface area contributed by atoms with Crippen molar-refractivity contribution in [1.82, 2.24) is 4.31 Å². The highest BCUT2D eigenvalue weighted by Crippen LogP contribution is 2.29. The van der Waals surface area contributed by atoms with Crippen LogP contribution >= 0.6 is 11.6 Å². The van der Waals surface area contributed by atoms with Crippen LogP contribution in [0.15, 0.2) is 47.4 Å². The molecule has 0 amide bonds. The summed E-state index contributed by atoms with van der Waals surface area (Å²) in [5, 5.41) is 9.85. The third-order valence-corrected chi connectivity index (χ3v) is 6.38. The van der Waals surface area contributed by atoms with Crippen molar-refractivity contribution in [2.75, 3.05) is 38.2 Å². The highest BCUT2D eigenvalue weighted by molar-refractivity contribution is 7.89. The van der Waals surface area contributed by atoms with E-state index in [-0.39, 0.29) is 15.7 Å². The number of aromatic hydroxyl groups is 1. The van der Waals surface area contributed by atoms with E-state index in [0.717, 1.165) is 5.69 Å². The first-order chi connectivity index (χ1) is 11.9. The molecule has 8 heteroatoms. The number of ether oxygens (including phenoxy) is 1. The average molecular weight is 383 g/mol. The first-order valence-corrected chi connectivity index (χ1v) is 9.61. The molecule has 2 aromatic carbocycles. The molecule has 0 bridgehead atoms. The minimum absolute atomic E-state index is 0.157. The Morgan fingerprint density at radius 2 is 1.80 bits per heavy atom. The molecule has 2 aromatic rings. The van der Waals surface area contributed by atoms with Gasteiger partial charge in [-0.05, 0) is 30.3 Å². The van der Waals surface area contributed by atoms with Gasteiger partial charge in [0.2, 0.25) is 10.0 Å². The van der Waals surface area contributed by atoms with Gasteiger partial charge in [0.15, 0.2) is 0 Å². The van der Waals surface area contributed by atoms with E-state index in [0.29, 0.717) is 31.9 Å². The summed E-state index contributed by atoms with van der Waals surface area (Å²) in [6, 6.07) is 11.4. The molecule has 134 valence electrons. The van der Waals surface area contributed by atoms with Crippen LogP contribution in [0.4, 0.5) is 5.69 Å². The predicted molar refractivity (Wildman–Crippen MR) is 97.1 cm³/mol. The Morgan fingerprint density at radius 1 is 1.08 bits per heavy atom. The summed E-state index contributed by atoms with van der Waals surface area (Å²) in [4.78, 5) is 2.20. The van der Waals surface area contributed by atoms with Crippen LogP contribution in [0.3, 0.4) is 0 Å². The quantitative estimate of drug-likeness (QED) is 0.880. The lowest BCUT2D eigenvalue weighted by molar-refractivity contribution is 0.384. The number of halogens is 1. The molecule has 1 aliphatic heterocycles. The van der Waals surface area contributed by atoms with Crippen molar-refractivity contribution in [2.45, 2.75) is 4.90 Å². The molecule has 25 heavy (non-hydrogen) atoms. The number of hydrogen-bond acceptors (Lipinski definition) is 5. The van der Waals surface area contributed by atoms with Gasteiger partial charge >= 0.3 is 0 Å². The molecule has 1 fully saturated rings. The van der Waals surface area contributed by atoms with Gasteiger partial charge in [-0.15, -0.1) is 0 Å². The van der Waals surface area contributed by atoms with E-state index in [1.54, 1.807) is 24.3 Å². The Bertz CT molecular complexity index is 865. The second-order valence-corrected chi connectivity index (χ2v) is 8.05. The fourth-order valence-corrected chi connectivity index (χ4v) is 4.60. The van der Waals surface area contributed by atoms with Crippen LogP contribution in [-0.4, -0.2) is 51.1 Å². The Balaban J connectivity index is 1.74. The number of phenolic OH excluding ortho intramolecular Hbond substituents is 1. The molecule has 1 N–H and O–H groups in total. The number of piperazine rings is 1. The second kappa shape index (κ2) is 7.11. The van der Waals surface area contributed by atoms with Crippen molar-refractivity contribution in [2.24, 2.45) is 0 Å². The highest BCUT2D eigenvalue weighted by Gasteiger charge is 2.29. The summed E-state index contributed by atoms with van der Waals surface area (Å²) in [5.41, 5.74) is 0.879. The number of phenols is 1. The van der Waals surface area contributed by atoms with Crippen LogP contribution in [-0.2, 0) is 10.0 Å². The third-order valence-electron chi connectivity index (χ3n) is 4.19. The summed E-state index contributed by atoms with van der Waals surface area (Å²) in [5.74, 6) is 0.634. The van der Waals surface area contributed by atoms with E-state index in [1.165, 1.54) is 23.5 Å². The molecule has 0 aromatic heterocycles. The number of hydrogen-bond donors (Lipinski definition) is 1. The number of sulfonamides is 1. The number of nitrogens with zero attached hydrogens (tertiary/aromatic N) is 2. The van der Waals surface area contributed by atoms with Crippen LogP contribution in [0.2, 0.25) is 5.02 Å². The molecule has 1 heterocycles. The maximum atomic E-state index is 12.8. The molecule has 1 aliphatic rings. The van der Waals surface area contributed by atoms with E-state index >= 15 is 0 Å². The molecule has 0 saturated carbocycles. The van der Waals surface area contributed by atoms with Crippen molar-refractivity contribution < 1.29 is 18.3 Å². The number of benzene rings is 2. The Morgan fingerprint density at radius 3 is 2.40 bits per heavy atom. The van der Waals surface area contributed by atoms with Gasteiger partial charge in [-0.3, -0.25) is 0 Å². The Labute approximate surface area is 152 Å². The predicted octanol–water partition coefficient (Wildman–Crippen LogP) is 2.57. The first-order valence-electron chi connectivity index (χ1n) is 7.79. The van der Waals surface area contributed by atoms with Crippen molar-refractivity contribution >= 4 is 27.3 Å². The molecule has 0 unspecified atom stereocenters. The zero-order valence-electron chi connectivity index (χ0n) is 13.7. The van der Waals surface area contributed by atoms with Crippen LogP contribution in [0.25, 0.3) is 0 Å². The minimum atomic E-state index is -3.61. The summed E-state index contributed by atoms with van der Waals surface area (Å²) in [6.45, 7) is 1.82. The third kappa shape index (κ3) is 3.68. The lowest BCUT2D eigenvalue weighted by atomic mass is 10.2. The molecule has 0 radical (unpaired) electrons. The molecule has 0 atom stereocenters. The molecule has 1 saturated heterocycles. The summed E-state index contributed by atoms with van der Waals surface area (Å²) in [6.07, 6.45) is 0. The zero-order chi connectivity index (χ0) is 18.0. The van der Waals surface area contributed by atoms with Crippen molar-refractivity contribution in [3.8, 4) is 11.5 Å². The number of rotatable bonds is 4. The molecule has 0 spiro atoms. The van der Waals surface area contributed by atoms with Crippen LogP contribution < -0.4 is 9.64 Å². The van der Waals surface area contributed by atoms with E-state index in [4.69, 9.17) is 16.3 Å². The minimum Gasteiger partial charge on any atom is -0.508 e. The fraction of sp³-hybridized carbons (Fsp3) is 0.294. The van der Waals surface area contributed by atoms with Crippen molar-refractivity contribution in [3.05, 3.63) is 47.5 Å². The van der Waals surface area contributed by atoms with Gasteiger partial charge in [0.1, 0.15) is 11.5 Å². The molecule has 0 aliphatic carbocycles. The van der Waals surface area contributed by atoms with Gasteiger partial charge in [0, 0.05) is 37.9 Å². The molecular formula is C17H19ClN2O4S. The maximum Gasteiger partial charge on any atom is 0.243 e. The van der Waals surface area contributed by atoms with Crippen LogP contribution in [0.1, 0.15) is 0 Å². The summed E-state index contributed by atoms with van der Waals surface area (Å²) in [7, 11) is -2.12. The fourth-order valence-electron chi connectivity index (χ4n) is 2.83. The largest absolute Gasteiger partial charge is 0.508 e. The molecule has 6 nitrogen and oxygen atoms in total. The normalized spacial score (nSPS) is 16.0. The number of anilines is 1. The average Bonchev–Trinajstić information content (AvgIpc) is 2.61. The van der Waals surface area contributed by atoms with Gasteiger partial charge in [0.05, 0.1) is 17.0 Å². The standard InChI is InChI=1S/C17H19ClN2O4S/c1-24-17-6-5-15(12-16(17)18)25(22,23)20-9-7-19(8-10-20)13-3-2-4-14(21)11-13/h2-6,11-12,21H,7-10H2,1H3. The maximum absolute atomic E-state index is 12.8. The van der Waals surface area contributed by atoms with Crippen molar-refractivity contribution in [1.29, 1.82) is 0 Å². The zero-order valence-corrected chi connectivity index (χ0v) is 15.3. The number of methoxy groups -OCH3 is 1. The SMILES string of the molecule is COc1ccc(S(=O)(=O)N2CCN(c3cccc(O)c3)CC2)cc1Cl. The van der Waals surface area contributed by atoms with Gasteiger partial charge in [-0.25, -0.2) is 8.42 Å². The van der Waals surface area contributed by atoms with E-state index in [1.807, 2.05) is 11.0 Å². The monoisotopic (exact) mass is 382 g/mol. The summed E-state index contributed by atoms with van der Waals surface area (Å²) < 4.78 is 32.1. The summed E-state index contributed by atoms with van der Waals surface area (Å²) >= 11 is 6.05. The highest BCUT2D eigenvalue weighted by atomic mass is 35.5. The van der Waals surface area contributed by atoms with Crippen LogP contribution in [0.5, 0.6) is 11.5 Å². The van der Waals surface area contributed by atoms with Gasteiger partial charge < -0.3 is 14.7 Å². The smallest absolute Gasteiger partial charge is 0.243 e. The van der Waals surface area contributed by atoms with E-state index in [2.05, 4.69) is 0 Å². The molecular weight excluding hydrogens is 364 g/mol. The van der Waals surface area contributed by atoms with Gasteiger partial charge in [-0.2, -0.15) is 4.31 Å². The van der Waals surface area contributed by atoms with Crippen molar-refractivity contribution in [3.63, 3.8) is 0 Å². The first kappa shape index (κ1) is 17.8. The lowest BCUT2D eigenvalue weighted by Gasteiger charge is -2.35. The van der Waals surface area contributed by atoms with Gasteiger partial charge in [-0.1, -0.05) is 17.7 Å². The van der Waals surface area contributed by atoms with Gasteiger partial charge in [0.25, 0.3) is 0 Å². The molecule has 3 rings (SSSR count). The van der Waals surface area contributed by atoms with E-state index in [9.17, 15) is 13.5 Å². The van der Waals surface area contributed by atoms with E-state index < -0.39 is 10.0 Å². The topological polar surface area (TPSA) is 70.1 Å². The Kier molecular flexibility index (Phi) is 5.08. The van der Waals surface area contributed by atoms with Crippen LogP contribution in [0, 0.1) is 0 Å².